The van der Waals surface area contributed by atoms with Crippen molar-refractivity contribution >= 4 is 11.6 Å². The highest BCUT2D eigenvalue weighted by molar-refractivity contribution is 5.79. The fourth-order valence-electron chi connectivity index (χ4n) is 5.45. The molecule has 4 heterocycles. The van der Waals surface area contributed by atoms with E-state index in [2.05, 4.69) is 70.6 Å². The number of benzene rings is 1. The van der Waals surface area contributed by atoms with Gasteiger partial charge in [-0.1, -0.05) is 35.9 Å². The number of pyridine rings is 1. The molecule has 2 aromatic heterocycles. The Morgan fingerprint density at radius 1 is 0.968 bits per heavy atom. The molecule has 1 amide bonds. The van der Waals surface area contributed by atoms with Crippen LogP contribution in [-0.4, -0.2) is 43.7 Å². The first kappa shape index (κ1) is 20.3. The topological polar surface area (TPSA) is 40.9 Å². The van der Waals surface area contributed by atoms with Crippen LogP contribution in [0.4, 0.5) is 0 Å². The van der Waals surface area contributed by atoms with Gasteiger partial charge in [0.25, 0.3) is 0 Å². The lowest BCUT2D eigenvalue weighted by molar-refractivity contribution is -0.132. The predicted molar refractivity (Wildman–Crippen MR) is 123 cm³/mol. The Bertz CT molecular complexity index is 1090. The van der Waals surface area contributed by atoms with E-state index in [1.807, 2.05) is 6.07 Å². The van der Waals surface area contributed by atoms with Crippen LogP contribution >= 0.6 is 0 Å². The number of amides is 1. The highest BCUT2D eigenvalue weighted by atomic mass is 16.2. The molecule has 0 saturated carbocycles. The normalized spacial score (nSPS) is 22.5. The van der Waals surface area contributed by atoms with Gasteiger partial charge in [-0.2, -0.15) is 0 Å². The van der Waals surface area contributed by atoms with Crippen molar-refractivity contribution < 1.29 is 4.79 Å². The van der Waals surface area contributed by atoms with Crippen molar-refractivity contribution in [3.05, 3.63) is 71.2 Å². The zero-order valence-electron chi connectivity index (χ0n) is 18.7. The highest BCUT2D eigenvalue weighted by Gasteiger charge is 2.45. The molecule has 1 aromatic carbocycles. The van der Waals surface area contributed by atoms with Crippen LogP contribution in [0.3, 0.4) is 0 Å². The zero-order valence-corrected chi connectivity index (χ0v) is 18.7. The van der Waals surface area contributed by atoms with Gasteiger partial charge in [0, 0.05) is 43.5 Å². The molecule has 3 aromatic rings. The third-order valence-corrected chi connectivity index (χ3v) is 7.39. The lowest BCUT2D eigenvalue weighted by Crippen LogP contribution is -2.45. The average Bonchev–Trinajstić information content (AvgIpc) is 3.15. The van der Waals surface area contributed by atoms with E-state index in [4.69, 9.17) is 4.98 Å². The molecule has 2 aliphatic rings. The van der Waals surface area contributed by atoms with Gasteiger partial charge in [0.2, 0.25) is 5.91 Å². The third-order valence-electron chi connectivity index (χ3n) is 7.39. The SMILES string of the molecule is Cc1ccc(CN2C(=O)CCC23CCCN(Cc2nc4ccccn4c2C)CC3)cc1. The first-order valence-corrected chi connectivity index (χ1v) is 11.6. The van der Waals surface area contributed by atoms with E-state index in [1.54, 1.807) is 0 Å². The zero-order chi connectivity index (χ0) is 21.4. The standard InChI is InChI=1S/C26H32N4O/c1-20-7-9-22(10-8-20)18-30-25(31)11-13-26(30)12-5-15-28(17-14-26)19-23-21(2)29-16-4-3-6-24(29)27-23/h3-4,6-10,16H,5,11-15,17-19H2,1-2H3. The Balaban J connectivity index is 1.31. The molecule has 1 atom stereocenters. The third kappa shape index (κ3) is 3.87. The van der Waals surface area contributed by atoms with Crippen molar-refractivity contribution in [1.29, 1.82) is 0 Å². The highest BCUT2D eigenvalue weighted by Crippen LogP contribution is 2.40. The number of carbonyl (C=O) groups excluding carboxylic acids is 1. The summed E-state index contributed by atoms with van der Waals surface area (Å²) in [6.07, 6.45) is 7.06. The molecule has 31 heavy (non-hydrogen) atoms. The maximum absolute atomic E-state index is 12.8. The van der Waals surface area contributed by atoms with Crippen LogP contribution < -0.4 is 0 Å². The van der Waals surface area contributed by atoms with Gasteiger partial charge in [-0.25, -0.2) is 4.98 Å². The van der Waals surface area contributed by atoms with Gasteiger partial charge in [0.15, 0.2) is 0 Å². The second-order valence-corrected chi connectivity index (χ2v) is 9.39. The molecule has 2 aliphatic heterocycles. The molecule has 5 rings (SSSR count). The fraction of sp³-hybridized carbons (Fsp3) is 0.462. The number of carbonyl (C=O) groups is 1. The number of nitrogens with zero attached hydrogens (tertiary/aromatic N) is 4. The molecule has 2 fully saturated rings. The molecule has 5 nitrogen and oxygen atoms in total. The van der Waals surface area contributed by atoms with Crippen molar-refractivity contribution in [3.63, 3.8) is 0 Å². The Hall–Kier alpha value is -2.66. The van der Waals surface area contributed by atoms with Crippen LogP contribution in [0.25, 0.3) is 5.65 Å². The van der Waals surface area contributed by atoms with Gasteiger partial charge in [-0.05, 0) is 63.8 Å². The van der Waals surface area contributed by atoms with Crippen molar-refractivity contribution in [2.75, 3.05) is 13.1 Å². The number of imidazole rings is 1. The van der Waals surface area contributed by atoms with E-state index in [1.165, 1.54) is 22.5 Å². The molecular formula is C26H32N4O. The predicted octanol–water partition coefficient (Wildman–Crippen LogP) is 4.50. The number of aromatic nitrogens is 2. The summed E-state index contributed by atoms with van der Waals surface area (Å²) in [5.74, 6) is 0.324. The minimum absolute atomic E-state index is 0.0185. The van der Waals surface area contributed by atoms with Gasteiger partial charge in [0.1, 0.15) is 5.65 Å². The van der Waals surface area contributed by atoms with Gasteiger partial charge in [-0.3, -0.25) is 9.69 Å². The van der Waals surface area contributed by atoms with Crippen molar-refractivity contribution in [1.82, 2.24) is 19.2 Å². The number of aryl methyl sites for hydroxylation is 2. The summed E-state index contributed by atoms with van der Waals surface area (Å²) in [6.45, 7) is 7.98. The van der Waals surface area contributed by atoms with Crippen molar-refractivity contribution in [2.45, 2.75) is 64.6 Å². The molecule has 0 aliphatic carbocycles. The number of hydrogen-bond acceptors (Lipinski definition) is 3. The fourth-order valence-corrected chi connectivity index (χ4v) is 5.45. The second-order valence-electron chi connectivity index (χ2n) is 9.39. The van der Waals surface area contributed by atoms with Crippen molar-refractivity contribution in [3.8, 4) is 0 Å². The van der Waals surface area contributed by atoms with E-state index < -0.39 is 0 Å². The minimum atomic E-state index is 0.0185. The molecule has 0 N–H and O–H groups in total. The molecule has 0 bridgehead atoms. The lowest BCUT2D eigenvalue weighted by atomic mass is 9.87. The first-order valence-electron chi connectivity index (χ1n) is 11.6. The lowest BCUT2D eigenvalue weighted by Gasteiger charge is -2.38. The number of rotatable bonds is 4. The molecule has 5 heteroatoms. The van der Waals surface area contributed by atoms with Gasteiger partial charge < -0.3 is 9.30 Å². The first-order chi connectivity index (χ1) is 15.0. The van der Waals surface area contributed by atoms with Crippen LogP contribution in [0.2, 0.25) is 0 Å². The smallest absolute Gasteiger partial charge is 0.223 e. The summed E-state index contributed by atoms with van der Waals surface area (Å²) in [4.78, 5) is 22.5. The summed E-state index contributed by atoms with van der Waals surface area (Å²) in [7, 11) is 0. The Morgan fingerprint density at radius 2 is 1.81 bits per heavy atom. The molecule has 1 spiro atoms. The Kier molecular flexibility index (Phi) is 5.30. The van der Waals surface area contributed by atoms with Crippen LogP contribution in [0.15, 0.2) is 48.7 Å². The van der Waals surface area contributed by atoms with E-state index in [0.29, 0.717) is 12.3 Å². The van der Waals surface area contributed by atoms with Crippen LogP contribution in [0, 0.1) is 13.8 Å². The molecule has 0 radical (unpaired) electrons. The quantitative estimate of drug-likeness (QED) is 0.629. The number of fused-ring (bicyclic) bond motifs is 1. The number of hydrogen-bond donors (Lipinski definition) is 0. The summed E-state index contributed by atoms with van der Waals surface area (Å²) in [5, 5.41) is 0. The van der Waals surface area contributed by atoms with Gasteiger partial charge in [0.05, 0.1) is 5.69 Å². The summed E-state index contributed by atoms with van der Waals surface area (Å²) >= 11 is 0. The van der Waals surface area contributed by atoms with Gasteiger partial charge >= 0.3 is 0 Å². The number of likely N-dealkylation sites (tertiary alicyclic amines) is 2. The van der Waals surface area contributed by atoms with E-state index >= 15 is 0 Å². The van der Waals surface area contributed by atoms with Gasteiger partial charge in [-0.15, -0.1) is 0 Å². The molecular weight excluding hydrogens is 384 g/mol. The van der Waals surface area contributed by atoms with Crippen LogP contribution in [0.5, 0.6) is 0 Å². The van der Waals surface area contributed by atoms with Crippen LogP contribution in [-0.2, 0) is 17.9 Å². The maximum atomic E-state index is 12.8. The monoisotopic (exact) mass is 416 g/mol. The van der Waals surface area contributed by atoms with E-state index in [-0.39, 0.29) is 5.54 Å². The Labute approximate surface area is 184 Å². The minimum Gasteiger partial charge on any atom is -0.333 e. The second kappa shape index (κ2) is 8.12. The Morgan fingerprint density at radius 3 is 2.61 bits per heavy atom. The molecule has 1 unspecified atom stereocenters. The summed E-state index contributed by atoms with van der Waals surface area (Å²) in [5.41, 5.74) is 5.94. The van der Waals surface area contributed by atoms with Crippen molar-refractivity contribution in [2.24, 2.45) is 0 Å². The van der Waals surface area contributed by atoms with E-state index in [0.717, 1.165) is 57.5 Å². The average molecular weight is 417 g/mol. The largest absolute Gasteiger partial charge is 0.333 e. The summed E-state index contributed by atoms with van der Waals surface area (Å²) in [6, 6.07) is 14.8. The molecule has 162 valence electrons. The maximum Gasteiger partial charge on any atom is 0.223 e. The molecule has 2 saturated heterocycles. The van der Waals surface area contributed by atoms with E-state index in [9.17, 15) is 4.79 Å². The summed E-state index contributed by atoms with van der Waals surface area (Å²) < 4.78 is 2.17. The van der Waals surface area contributed by atoms with Crippen LogP contribution in [0.1, 0.15) is 54.6 Å².